The van der Waals surface area contributed by atoms with E-state index in [0.717, 1.165) is 6.07 Å². The quantitative estimate of drug-likeness (QED) is 0.864. The van der Waals surface area contributed by atoms with Gasteiger partial charge in [0.2, 0.25) is 0 Å². The first-order chi connectivity index (χ1) is 10.8. The average molecular weight is 334 g/mol. The summed E-state index contributed by atoms with van der Waals surface area (Å²) in [7, 11) is 0. The fourth-order valence-electron chi connectivity index (χ4n) is 3.76. The number of nitrogens with two attached hydrogens (primary N) is 1. The molecule has 0 aromatic heterocycles. The predicted octanol–water partition coefficient (Wildman–Crippen LogP) is 3.09. The maximum Gasteiger partial charge on any atom is 0.283 e. The number of hydrogen-bond acceptors (Lipinski definition) is 3. The lowest BCUT2D eigenvalue weighted by atomic mass is 9.71. The van der Waals surface area contributed by atoms with Gasteiger partial charge in [-0.05, 0) is 6.07 Å². The highest BCUT2D eigenvalue weighted by Gasteiger charge is 2.67. The topological polar surface area (TPSA) is 47.6 Å². The van der Waals surface area contributed by atoms with Crippen molar-refractivity contribution >= 4 is 6.02 Å². The molecule has 23 heavy (non-hydrogen) atoms. The lowest BCUT2D eigenvalue weighted by Crippen LogP contribution is -2.57. The Bertz CT molecular complexity index is 653. The SMILES string of the molecule is NC1=N[C@@](CF)(c2ccccc2F)[C@@H]2CC(F)(F)C[C@]2(CF)O1. The predicted molar refractivity (Wildman–Crippen MR) is 73.1 cm³/mol. The van der Waals surface area contributed by atoms with Gasteiger partial charge in [0.1, 0.15) is 24.7 Å². The maximum absolute atomic E-state index is 14.2. The van der Waals surface area contributed by atoms with E-state index in [9.17, 15) is 22.0 Å². The third-order valence-corrected chi connectivity index (χ3v) is 4.66. The molecule has 126 valence electrons. The number of hydrogen-bond donors (Lipinski definition) is 1. The molecule has 0 spiro atoms. The summed E-state index contributed by atoms with van der Waals surface area (Å²) in [6, 6.07) is 4.51. The van der Waals surface area contributed by atoms with Crippen LogP contribution in [-0.2, 0) is 10.3 Å². The standard InChI is InChI=1S/C15H15F5N2O/c16-7-13-6-14(19,20)5-11(13)15(8-17,22-12(21)23-13)9-3-1-2-4-10(9)18/h1-4,11H,5-8H2,(H2,21,22)/t11-,13-,15+/m1/s1. The molecule has 3 atom stereocenters. The second-order valence-electron chi connectivity index (χ2n) is 6.08. The summed E-state index contributed by atoms with van der Waals surface area (Å²) in [6.45, 7) is -2.58. The van der Waals surface area contributed by atoms with Crippen molar-refractivity contribution in [1.82, 2.24) is 0 Å². The zero-order chi connectivity index (χ0) is 16.9. The Kier molecular flexibility index (Phi) is 3.53. The highest BCUT2D eigenvalue weighted by molar-refractivity contribution is 5.74. The van der Waals surface area contributed by atoms with Crippen molar-refractivity contribution in [3.05, 3.63) is 35.6 Å². The molecule has 1 aliphatic heterocycles. The van der Waals surface area contributed by atoms with Gasteiger partial charge in [-0.2, -0.15) is 0 Å². The largest absolute Gasteiger partial charge is 0.455 e. The van der Waals surface area contributed by atoms with Gasteiger partial charge in [-0.25, -0.2) is 26.9 Å². The van der Waals surface area contributed by atoms with Crippen molar-refractivity contribution < 1.29 is 26.7 Å². The fourth-order valence-corrected chi connectivity index (χ4v) is 3.76. The van der Waals surface area contributed by atoms with Crippen molar-refractivity contribution in [1.29, 1.82) is 0 Å². The lowest BCUT2D eigenvalue weighted by molar-refractivity contribution is -0.0693. The third kappa shape index (κ3) is 2.26. The summed E-state index contributed by atoms with van der Waals surface area (Å²) in [6.07, 6.45) is -1.81. The summed E-state index contributed by atoms with van der Waals surface area (Å²) < 4.78 is 74.9. The summed E-state index contributed by atoms with van der Waals surface area (Å²) in [5.41, 5.74) is 1.24. The minimum absolute atomic E-state index is 0.228. The zero-order valence-electron chi connectivity index (χ0n) is 12.0. The van der Waals surface area contributed by atoms with Gasteiger partial charge in [-0.3, -0.25) is 0 Å². The molecule has 0 radical (unpaired) electrons. The highest BCUT2D eigenvalue weighted by atomic mass is 19.3. The van der Waals surface area contributed by atoms with Gasteiger partial charge in [-0.1, -0.05) is 18.2 Å². The second-order valence-corrected chi connectivity index (χ2v) is 6.08. The molecule has 3 rings (SSSR count). The summed E-state index contributed by atoms with van der Waals surface area (Å²) in [4.78, 5) is 3.82. The van der Waals surface area contributed by atoms with Crippen LogP contribution in [0.15, 0.2) is 29.3 Å². The Morgan fingerprint density at radius 2 is 1.91 bits per heavy atom. The molecule has 2 N–H and O–H groups in total. The molecular weight excluding hydrogens is 319 g/mol. The van der Waals surface area contributed by atoms with Crippen molar-refractivity contribution in [2.24, 2.45) is 16.6 Å². The van der Waals surface area contributed by atoms with Gasteiger partial charge in [0.25, 0.3) is 11.9 Å². The van der Waals surface area contributed by atoms with Crippen molar-refractivity contribution in [2.75, 3.05) is 13.3 Å². The normalized spacial score (nSPS) is 35.3. The van der Waals surface area contributed by atoms with Crippen LogP contribution in [0.5, 0.6) is 0 Å². The zero-order valence-corrected chi connectivity index (χ0v) is 12.0. The van der Waals surface area contributed by atoms with E-state index in [1.165, 1.54) is 18.2 Å². The van der Waals surface area contributed by atoms with E-state index in [2.05, 4.69) is 4.99 Å². The fraction of sp³-hybridized carbons (Fsp3) is 0.533. The minimum Gasteiger partial charge on any atom is -0.455 e. The minimum atomic E-state index is -3.28. The Hall–Kier alpha value is -1.86. The monoisotopic (exact) mass is 334 g/mol. The number of benzene rings is 1. The second kappa shape index (κ2) is 5.07. The molecule has 1 heterocycles. The number of fused-ring (bicyclic) bond motifs is 1. The van der Waals surface area contributed by atoms with Crippen molar-refractivity contribution in [3.8, 4) is 0 Å². The molecule has 3 nitrogen and oxygen atoms in total. The van der Waals surface area contributed by atoms with Gasteiger partial charge >= 0.3 is 0 Å². The smallest absolute Gasteiger partial charge is 0.283 e. The number of halogens is 5. The van der Waals surface area contributed by atoms with E-state index in [-0.39, 0.29) is 5.56 Å². The van der Waals surface area contributed by atoms with Gasteiger partial charge in [-0.15, -0.1) is 0 Å². The maximum atomic E-state index is 14.2. The lowest BCUT2D eigenvalue weighted by Gasteiger charge is -2.45. The molecule has 1 aliphatic carbocycles. The van der Waals surface area contributed by atoms with Crippen LogP contribution in [0.3, 0.4) is 0 Å². The number of rotatable bonds is 3. The first-order valence-electron chi connectivity index (χ1n) is 7.08. The Morgan fingerprint density at radius 3 is 2.52 bits per heavy atom. The molecule has 1 fully saturated rings. The first-order valence-corrected chi connectivity index (χ1v) is 7.08. The van der Waals surface area contributed by atoms with Crippen molar-refractivity contribution in [3.63, 3.8) is 0 Å². The van der Waals surface area contributed by atoms with Crippen LogP contribution in [0.2, 0.25) is 0 Å². The molecule has 0 unspecified atom stereocenters. The van der Waals surface area contributed by atoms with Gasteiger partial charge in [0.15, 0.2) is 5.60 Å². The molecule has 0 saturated heterocycles. The molecule has 0 bridgehead atoms. The highest BCUT2D eigenvalue weighted by Crippen LogP contribution is 2.58. The summed E-state index contributed by atoms with van der Waals surface area (Å²) in [5.74, 6) is -5.46. The molecular formula is C15H15F5N2O. The van der Waals surface area contributed by atoms with Crippen LogP contribution < -0.4 is 5.73 Å². The molecule has 1 saturated carbocycles. The van der Waals surface area contributed by atoms with Gasteiger partial charge < -0.3 is 10.5 Å². The number of alkyl halides is 4. The number of amidine groups is 1. The third-order valence-electron chi connectivity index (χ3n) is 4.66. The Morgan fingerprint density at radius 1 is 1.22 bits per heavy atom. The number of ether oxygens (including phenoxy) is 1. The molecule has 8 heteroatoms. The van der Waals surface area contributed by atoms with E-state index < -0.39 is 61.0 Å². The van der Waals surface area contributed by atoms with Crippen LogP contribution in [-0.4, -0.2) is 30.9 Å². The molecule has 1 aromatic carbocycles. The van der Waals surface area contributed by atoms with Gasteiger partial charge in [0, 0.05) is 17.9 Å². The average Bonchev–Trinajstić information content (AvgIpc) is 2.78. The van der Waals surface area contributed by atoms with Crippen LogP contribution in [0.25, 0.3) is 0 Å². The van der Waals surface area contributed by atoms with Crippen LogP contribution in [0, 0.1) is 11.7 Å². The molecule has 0 amide bonds. The van der Waals surface area contributed by atoms with E-state index in [1.54, 1.807) is 0 Å². The number of nitrogens with zero attached hydrogens (tertiary/aromatic N) is 1. The molecule has 2 aliphatic rings. The Labute approximate surface area is 129 Å². The Balaban J connectivity index is 2.23. The van der Waals surface area contributed by atoms with Crippen molar-refractivity contribution in [2.45, 2.75) is 29.9 Å². The van der Waals surface area contributed by atoms with E-state index in [0.29, 0.717) is 0 Å². The van der Waals surface area contributed by atoms with Crippen LogP contribution in [0.1, 0.15) is 18.4 Å². The van der Waals surface area contributed by atoms with Gasteiger partial charge in [0.05, 0.1) is 6.42 Å². The number of aliphatic imine (C=N–C) groups is 1. The summed E-state index contributed by atoms with van der Waals surface area (Å²) in [5, 5.41) is 0. The first kappa shape index (κ1) is 16.0. The van der Waals surface area contributed by atoms with E-state index in [4.69, 9.17) is 10.5 Å². The molecule has 1 aromatic rings. The van der Waals surface area contributed by atoms with E-state index >= 15 is 0 Å². The van der Waals surface area contributed by atoms with Crippen LogP contribution >= 0.6 is 0 Å². The van der Waals surface area contributed by atoms with E-state index in [1.807, 2.05) is 0 Å². The van der Waals surface area contributed by atoms with Crippen LogP contribution in [0.4, 0.5) is 22.0 Å². The summed E-state index contributed by atoms with van der Waals surface area (Å²) >= 11 is 0.